The SMILES string of the molecule is CCS(=O)(=O)CC(C)NCC1CCN(C(C)C)C1. The van der Waals surface area contributed by atoms with Gasteiger partial charge in [-0.3, -0.25) is 0 Å². The van der Waals surface area contributed by atoms with Crippen LogP contribution in [-0.2, 0) is 9.84 Å². The van der Waals surface area contributed by atoms with E-state index in [1.54, 1.807) is 6.92 Å². The summed E-state index contributed by atoms with van der Waals surface area (Å²) in [4.78, 5) is 2.49. The Morgan fingerprint density at radius 2 is 2.00 bits per heavy atom. The molecule has 18 heavy (non-hydrogen) atoms. The number of nitrogens with one attached hydrogen (secondary N) is 1. The van der Waals surface area contributed by atoms with Crippen LogP contribution in [0.4, 0.5) is 0 Å². The molecule has 108 valence electrons. The molecule has 0 aromatic heterocycles. The quantitative estimate of drug-likeness (QED) is 0.757. The van der Waals surface area contributed by atoms with Crippen LogP contribution in [0.15, 0.2) is 0 Å². The second-order valence-electron chi connectivity index (χ2n) is 5.75. The van der Waals surface area contributed by atoms with Crippen LogP contribution in [0, 0.1) is 5.92 Å². The molecule has 0 spiro atoms. The minimum Gasteiger partial charge on any atom is -0.313 e. The molecule has 2 atom stereocenters. The minimum atomic E-state index is -2.86. The Morgan fingerprint density at radius 1 is 1.33 bits per heavy atom. The van der Waals surface area contributed by atoms with Crippen molar-refractivity contribution in [2.45, 2.75) is 46.2 Å². The van der Waals surface area contributed by atoms with Crippen molar-refractivity contribution in [1.82, 2.24) is 10.2 Å². The third kappa shape index (κ3) is 5.24. The molecule has 1 rings (SSSR count). The Balaban J connectivity index is 2.26. The van der Waals surface area contributed by atoms with Crippen LogP contribution in [-0.4, -0.2) is 56.5 Å². The molecule has 1 saturated heterocycles. The standard InChI is InChI=1S/C13H28N2O2S/c1-5-18(16,17)10-12(4)14-8-13-6-7-15(9-13)11(2)3/h11-14H,5-10H2,1-4H3. The highest BCUT2D eigenvalue weighted by Crippen LogP contribution is 2.17. The van der Waals surface area contributed by atoms with Crippen LogP contribution >= 0.6 is 0 Å². The fraction of sp³-hybridized carbons (Fsp3) is 1.00. The molecule has 0 aromatic rings. The maximum absolute atomic E-state index is 11.5. The summed E-state index contributed by atoms with van der Waals surface area (Å²) in [6.07, 6.45) is 1.22. The van der Waals surface area contributed by atoms with Gasteiger partial charge in [-0.15, -0.1) is 0 Å². The van der Waals surface area contributed by atoms with Crippen LogP contribution in [0.25, 0.3) is 0 Å². The second-order valence-corrected chi connectivity index (χ2v) is 8.15. The molecule has 0 saturated carbocycles. The van der Waals surface area contributed by atoms with Crippen LogP contribution in [0.5, 0.6) is 0 Å². The lowest BCUT2D eigenvalue weighted by molar-refractivity contribution is 0.263. The highest BCUT2D eigenvalue weighted by Gasteiger charge is 2.24. The van der Waals surface area contributed by atoms with Gasteiger partial charge < -0.3 is 10.2 Å². The Hall–Kier alpha value is -0.130. The minimum absolute atomic E-state index is 0.0584. The highest BCUT2D eigenvalue weighted by atomic mass is 32.2. The number of hydrogen-bond donors (Lipinski definition) is 1. The van der Waals surface area contributed by atoms with Crippen LogP contribution < -0.4 is 5.32 Å². The first-order chi connectivity index (χ1) is 8.34. The van der Waals surface area contributed by atoms with Gasteiger partial charge in [-0.1, -0.05) is 6.92 Å². The fourth-order valence-electron chi connectivity index (χ4n) is 2.42. The van der Waals surface area contributed by atoms with E-state index in [4.69, 9.17) is 0 Å². The summed E-state index contributed by atoms with van der Waals surface area (Å²) in [5.74, 6) is 1.16. The van der Waals surface area contributed by atoms with E-state index in [1.165, 1.54) is 13.0 Å². The monoisotopic (exact) mass is 276 g/mol. The molecule has 1 aliphatic heterocycles. The maximum atomic E-state index is 11.5. The molecule has 1 heterocycles. The first-order valence-electron chi connectivity index (χ1n) is 7.02. The Bertz CT molecular complexity index is 341. The lowest BCUT2D eigenvalue weighted by Crippen LogP contribution is -2.37. The molecule has 0 bridgehead atoms. The lowest BCUT2D eigenvalue weighted by Gasteiger charge is -2.21. The summed E-state index contributed by atoms with van der Waals surface area (Å²) in [5.41, 5.74) is 0. The van der Waals surface area contributed by atoms with Crippen LogP contribution in [0.2, 0.25) is 0 Å². The van der Waals surface area contributed by atoms with Crippen molar-refractivity contribution in [3.63, 3.8) is 0 Å². The molecule has 1 aliphatic rings. The normalized spacial score (nSPS) is 23.7. The summed E-state index contributed by atoms with van der Waals surface area (Å²) < 4.78 is 23.0. The van der Waals surface area contributed by atoms with Gasteiger partial charge in [0.2, 0.25) is 0 Å². The van der Waals surface area contributed by atoms with E-state index >= 15 is 0 Å². The van der Waals surface area contributed by atoms with E-state index in [0.717, 1.165) is 13.1 Å². The molecular formula is C13H28N2O2S. The average Bonchev–Trinajstić information content (AvgIpc) is 2.74. The molecule has 5 heteroatoms. The number of rotatable bonds is 7. The van der Waals surface area contributed by atoms with E-state index in [1.807, 2.05) is 6.92 Å². The third-order valence-electron chi connectivity index (χ3n) is 3.75. The first-order valence-corrected chi connectivity index (χ1v) is 8.84. The van der Waals surface area contributed by atoms with Gasteiger partial charge in [0.25, 0.3) is 0 Å². The molecule has 0 aliphatic carbocycles. The van der Waals surface area contributed by atoms with E-state index < -0.39 is 9.84 Å². The fourth-order valence-corrected chi connectivity index (χ4v) is 3.54. The lowest BCUT2D eigenvalue weighted by atomic mass is 10.1. The van der Waals surface area contributed by atoms with E-state index in [0.29, 0.717) is 12.0 Å². The topological polar surface area (TPSA) is 49.4 Å². The summed E-state index contributed by atoms with van der Waals surface area (Å²) >= 11 is 0. The molecule has 1 fully saturated rings. The van der Waals surface area contributed by atoms with Gasteiger partial charge >= 0.3 is 0 Å². The number of hydrogen-bond acceptors (Lipinski definition) is 4. The predicted molar refractivity (Wildman–Crippen MR) is 76.6 cm³/mol. The van der Waals surface area contributed by atoms with Crippen molar-refractivity contribution in [2.24, 2.45) is 5.92 Å². The molecule has 2 unspecified atom stereocenters. The van der Waals surface area contributed by atoms with Crippen molar-refractivity contribution in [2.75, 3.05) is 31.1 Å². The molecular weight excluding hydrogens is 248 g/mol. The smallest absolute Gasteiger partial charge is 0.151 e. The molecule has 0 aromatic carbocycles. The Kier molecular flexibility index (Phi) is 6.08. The Morgan fingerprint density at radius 3 is 2.50 bits per heavy atom. The zero-order valence-electron chi connectivity index (χ0n) is 12.1. The zero-order chi connectivity index (χ0) is 13.8. The van der Waals surface area contributed by atoms with Crippen molar-refractivity contribution in [3.05, 3.63) is 0 Å². The molecule has 4 nitrogen and oxygen atoms in total. The summed E-state index contributed by atoms with van der Waals surface area (Å²) in [5, 5.41) is 3.37. The largest absolute Gasteiger partial charge is 0.313 e. The number of sulfone groups is 1. The van der Waals surface area contributed by atoms with Gasteiger partial charge in [-0.2, -0.15) is 0 Å². The number of likely N-dealkylation sites (tertiary alicyclic amines) is 1. The van der Waals surface area contributed by atoms with Crippen LogP contribution in [0.1, 0.15) is 34.1 Å². The molecule has 0 radical (unpaired) electrons. The molecule has 0 amide bonds. The van der Waals surface area contributed by atoms with Gasteiger partial charge in [-0.25, -0.2) is 8.42 Å². The van der Waals surface area contributed by atoms with Gasteiger partial charge in [0.1, 0.15) is 0 Å². The Labute approximate surface area is 112 Å². The number of nitrogens with zero attached hydrogens (tertiary/aromatic N) is 1. The highest BCUT2D eigenvalue weighted by molar-refractivity contribution is 7.91. The predicted octanol–water partition coefficient (Wildman–Crippen LogP) is 1.13. The van der Waals surface area contributed by atoms with Crippen LogP contribution in [0.3, 0.4) is 0 Å². The summed E-state index contributed by atoms with van der Waals surface area (Å²) in [6.45, 7) is 11.4. The molecule has 1 N–H and O–H groups in total. The van der Waals surface area contributed by atoms with Gasteiger partial charge in [0, 0.05) is 24.4 Å². The van der Waals surface area contributed by atoms with Crippen molar-refractivity contribution < 1.29 is 8.42 Å². The maximum Gasteiger partial charge on any atom is 0.151 e. The second kappa shape index (κ2) is 6.87. The average molecular weight is 276 g/mol. The summed E-state index contributed by atoms with van der Waals surface area (Å²) in [6, 6.07) is 0.677. The van der Waals surface area contributed by atoms with E-state index in [-0.39, 0.29) is 17.5 Å². The zero-order valence-corrected chi connectivity index (χ0v) is 13.0. The van der Waals surface area contributed by atoms with Gasteiger partial charge in [0.05, 0.1) is 5.75 Å². The van der Waals surface area contributed by atoms with Gasteiger partial charge in [-0.05, 0) is 46.2 Å². The first kappa shape index (κ1) is 15.9. The van der Waals surface area contributed by atoms with Gasteiger partial charge in [0.15, 0.2) is 9.84 Å². The third-order valence-corrected chi connectivity index (χ3v) is 5.63. The van der Waals surface area contributed by atoms with E-state index in [9.17, 15) is 8.42 Å². The summed E-state index contributed by atoms with van der Waals surface area (Å²) in [7, 11) is -2.86. The van der Waals surface area contributed by atoms with Crippen molar-refractivity contribution in [1.29, 1.82) is 0 Å². The van der Waals surface area contributed by atoms with Crippen molar-refractivity contribution in [3.8, 4) is 0 Å². The van der Waals surface area contributed by atoms with Crippen molar-refractivity contribution >= 4 is 9.84 Å². The van der Waals surface area contributed by atoms with E-state index in [2.05, 4.69) is 24.1 Å².